The van der Waals surface area contributed by atoms with Crippen LogP contribution in [0.4, 0.5) is 0 Å². The first-order valence-corrected chi connectivity index (χ1v) is 8.68. The van der Waals surface area contributed by atoms with Gasteiger partial charge in [-0.2, -0.15) is 0 Å². The van der Waals surface area contributed by atoms with Crippen LogP contribution >= 0.6 is 0 Å². The van der Waals surface area contributed by atoms with Crippen molar-refractivity contribution in [3.8, 4) is 0 Å². The van der Waals surface area contributed by atoms with Crippen molar-refractivity contribution >= 4 is 17.8 Å². The SMILES string of the molecule is O=C(O)c1cccc(C(=O)NCC2CN[C@H](C(=O)N3CCCC3)C2)c1. The minimum atomic E-state index is -1.06. The number of benzene rings is 1. The molecular formula is C18H23N3O4. The molecule has 2 fully saturated rings. The standard InChI is InChI=1S/C18H23N3O4/c22-16(13-4-3-5-14(9-13)18(24)25)20-11-12-8-15(19-10-12)17(23)21-6-1-2-7-21/h3-5,9,12,15,19H,1-2,6-8,10-11H2,(H,20,22)(H,24,25)/t12?,15-/m0/s1. The van der Waals surface area contributed by atoms with Gasteiger partial charge >= 0.3 is 5.97 Å². The fourth-order valence-electron chi connectivity index (χ4n) is 3.44. The second kappa shape index (κ2) is 7.65. The van der Waals surface area contributed by atoms with E-state index >= 15 is 0 Å². The average molecular weight is 345 g/mol. The van der Waals surface area contributed by atoms with Crippen LogP contribution < -0.4 is 10.6 Å². The maximum absolute atomic E-state index is 12.4. The van der Waals surface area contributed by atoms with Crippen molar-refractivity contribution in [2.24, 2.45) is 5.92 Å². The molecule has 134 valence electrons. The third-order valence-electron chi connectivity index (χ3n) is 4.86. The molecule has 3 N–H and O–H groups in total. The number of carboxylic acids is 1. The molecular weight excluding hydrogens is 322 g/mol. The minimum Gasteiger partial charge on any atom is -0.478 e. The molecule has 1 aromatic carbocycles. The van der Waals surface area contributed by atoms with Crippen molar-refractivity contribution in [1.82, 2.24) is 15.5 Å². The summed E-state index contributed by atoms with van der Waals surface area (Å²) in [5.41, 5.74) is 0.419. The molecule has 0 aromatic heterocycles. The summed E-state index contributed by atoms with van der Waals surface area (Å²) in [6.07, 6.45) is 2.87. The number of amides is 2. The first kappa shape index (κ1) is 17.4. The van der Waals surface area contributed by atoms with E-state index in [0.717, 1.165) is 25.9 Å². The topological polar surface area (TPSA) is 98.7 Å². The molecule has 25 heavy (non-hydrogen) atoms. The molecule has 0 spiro atoms. The van der Waals surface area contributed by atoms with Gasteiger partial charge < -0.3 is 20.6 Å². The van der Waals surface area contributed by atoms with Crippen molar-refractivity contribution < 1.29 is 19.5 Å². The Hall–Kier alpha value is -2.41. The van der Waals surface area contributed by atoms with Crippen LogP contribution in [0.15, 0.2) is 24.3 Å². The van der Waals surface area contributed by atoms with E-state index in [4.69, 9.17) is 5.11 Å². The summed E-state index contributed by atoms with van der Waals surface area (Å²) in [6.45, 7) is 2.85. The Kier molecular flexibility index (Phi) is 5.33. The summed E-state index contributed by atoms with van der Waals surface area (Å²) in [5, 5.41) is 15.1. The van der Waals surface area contributed by atoms with Gasteiger partial charge in [0.2, 0.25) is 5.91 Å². The van der Waals surface area contributed by atoms with E-state index < -0.39 is 5.97 Å². The minimum absolute atomic E-state index is 0.0893. The Bertz CT molecular complexity index is 670. The molecule has 2 atom stereocenters. The van der Waals surface area contributed by atoms with Crippen molar-refractivity contribution in [2.75, 3.05) is 26.2 Å². The lowest BCUT2D eigenvalue weighted by Gasteiger charge is -2.20. The lowest BCUT2D eigenvalue weighted by Crippen LogP contribution is -2.42. The maximum Gasteiger partial charge on any atom is 0.335 e. The third-order valence-corrected chi connectivity index (χ3v) is 4.86. The monoisotopic (exact) mass is 345 g/mol. The molecule has 1 aromatic rings. The third kappa shape index (κ3) is 4.17. The number of aromatic carboxylic acids is 1. The van der Waals surface area contributed by atoms with Gasteiger partial charge in [0, 0.05) is 31.7 Å². The molecule has 2 aliphatic rings. The molecule has 2 heterocycles. The van der Waals surface area contributed by atoms with E-state index in [1.165, 1.54) is 12.1 Å². The number of carboxylic acid groups (broad SMARTS) is 1. The van der Waals surface area contributed by atoms with Gasteiger partial charge in [-0.15, -0.1) is 0 Å². The van der Waals surface area contributed by atoms with Crippen LogP contribution in [-0.2, 0) is 4.79 Å². The highest BCUT2D eigenvalue weighted by molar-refractivity contribution is 5.97. The van der Waals surface area contributed by atoms with Gasteiger partial charge in [-0.1, -0.05) is 6.07 Å². The molecule has 2 amide bonds. The van der Waals surface area contributed by atoms with Crippen molar-refractivity contribution in [2.45, 2.75) is 25.3 Å². The predicted octanol–water partition coefficient (Wildman–Crippen LogP) is 0.715. The van der Waals surface area contributed by atoms with Crippen LogP contribution in [0.5, 0.6) is 0 Å². The van der Waals surface area contributed by atoms with Crippen LogP contribution in [0.25, 0.3) is 0 Å². The van der Waals surface area contributed by atoms with Gasteiger partial charge in [0.05, 0.1) is 11.6 Å². The number of carbonyl (C=O) groups excluding carboxylic acids is 2. The van der Waals surface area contributed by atoms with E-state index in [1.807, 2.05) is 4.90 Å². The highest BCUT2D eigenvalue weighted by atomic mass is 16.4. The lowest BCUT2D eigenvalue weighted by atomic mass is 10.0. The second-order valence-corrected chi connectivity index (χ2v) is 6.69. The van der Waals surface area contributed by atoms with Gasteiger partial charge in [-0.05, 0) is 43.4 Å². The Morgan fingerprint density at radius 1 is 1.20 bits per heavy atom. The summed E-state index contributed by atoms with van der Waals surface area (Å²) in [6, 6.07) is 5.81. The Morgan fingerprint density at radius 2 is 1.92 bits per heavy atom. The Morgan fingerprint density at radius 3 is 2.64 bits per heavy atom. The molecule has 2 aliphatic heterocycles. The molecule has 3 rings (SSSR count). The van der Waals surface area contributed by atoms with Crippen LogP contribution in [0.1, 0.15) is 40.0 Å². The largest absolute Gasteiger partial charge is 0.478 e. The summed E-state index contributed by atoms with van der Waals surface area (Å²) < 4.78 is 0. The van der Waals surface area contributed by atoms with Crippen LogP contribution in [-0.4, -0.2) is 60.0 Å². The van der Waals surface area contributed by atoms with Crippen molar-refractivity contribution in [3.05, 3.63) is 35.4 Å². The van der Waals surface area contributed by atoms with Crippen LogP contribution in [0, 0.1) is 5.92 Å². The zero-order chi connectivity index (χ0) is 17.8. The molecule has 7 nitrogen and oxygen atoms in total. The maximum atomic E-state index is 12.4. The molecule has 1 unspecified atom stereocenters. The molecule has 0 aliphatic carbocycles. The molecule has 2 saturated heterocycles. The van der Waals surface area contributed by atoms with Gasteiger partial charge in [-0.3, -0.25) is 9.59 Å². The second-order valence-electron chi connectivity index (χ2n) is 6.69. The van der Waals surface area contributed by atoms with E-state index in [-0.39, 0.29) is 29.3 Å². The first-order chi connectivity index (χ1) is 12.0. The highest BCUT2D eigenvalue weighted by Gasteiger charge is 2.33. The normalized spacial score (nSPS) is 22.8. The molecule has 7 heteroatoms. The zero-order valence-electron chi connectivity index (χ0n) is 14.0. The van der Waals surface area contributed by atoms with Crippen molar-refractivity contribution in [1.29, 1.82) is 0 Å². The predicted molar refractivity (Wildman–Crippen MR) is 91.4 cm³/mol. The summed E-state index contributed by atoms with van der Waals surface area (Å²) in [7, 11) is 0. The van der Waals surface area contributed by atoms with E-state index in [2.05, 4.69) is 10.6 Å². The van der Waals surface area contributed by atoms with Gasteiger partial charge in [-0.25, -0.2) is 4.79 Å². The number of carbonyl (C=O) groups is 3. The van der Waals surface area contributed by atoms with Crippen molar-refractivity contribution in [3.63, 3.8) is 0 Å². The number of hydrogen-bond donors (Lipinski definition) is 3. The number of nitrogens with zero attached hydrogens (tertiary/aromatic N) is 1. The zero-order valence-corrected chi connectivity index (χ0v) is 14.0. The fraction of sp³-hybridized carbons (Fsp3) is 0.500. The quantitative estimate of drug-likeness (QED) is 0.730. The van der Waals surface area contributed by atoms with E-state index in [1.54, 1.807) is 12.1 Å². The number of hydrogen-bond acceptors (Lipinski definition) is 4. The summed E-state index contributed by atoms with van der Waals surface area (Å²) in [4.78, 5) is 37.5. The van der Waals surface area contributed by atoms with E-state index in [0.29, 0.717) is 25.1 Å². The smallest absolute Gasteiger partial charge is 0.335 e. The Balaban J connectivity index is 1.49. The van der Waals surface area contributed by atoms with Crippen LogP contribution in [0.2, 0.25) is 0 Å². The summed E-state index contributed by atoms with van der Waals surface area (Å²) in [5.74, 6) is -0.987. The summed E-state index contributed by atoms with van der Waals surface area (Å²) >= 11 is 0. The number of nitrogens with one attached hydrogen (secondary N) is 2. The van der Waals surface area contributed by atoms with Gasteiger partial charge in [0.25, 0.3) is 5.91 Å². The van der Waals surface area contributed by atoms with Gasteiger partial charge in [0.15, 0.2) is 0 Å². The number of rotatable bonds is 5. The van der Waals surface area contributed by atoms with Gasteiger partial charge in [0.1, 0.15) is 0 Å². The molecule has 0 radical (unpaired) electrons. The first-order valence-electron chi connectivity index (χ1n) is 8.68. The number of likely N-dealkylation sites (tertiary alicyclic amines) is 1. The lowest BCUT2D eigenvalue weighted by molar-refractivity contribution is -0.132. The fourth-order valence-corrected chi connectivity index (χ4v) is 3.44. The highest BCUT2D eigenvalue weighted by Crippen LogP contribution is 2.18. The Labute approximate surface area is 146 Å². The molecule has 0 bridgehead atoms. The van der Waals surface area contributed by atoms with Crippen LogP contribution in [0.3, 0.4) is 0 Å². The average Bonchev–Trinajstić information content (AvgIpc) is 3.31. The van der Waals surface area contributed by atoms with E-state index in [9.17, 15) is 14.4 Å². The molecule has 0 saturated carbocycles.